The van der Waals surface area contributed by atoms with E-state index >= 15 is 0 Å². The minimum absolute atomic E-state index is 0.0745. The molecule has 1 unspecified atom stereocenters. The van der Waals surface area contributed by atoms with Crippen molar-refractivity contribution in [2.75, 3.05) is 7.05 Å². The van der Waals surface area contributed by atoms with Crippen molar-refractivity contribution in [1.82, 2.24) is 4.90 Å². The Morgan fingerprint density at radius 2 is 1.89 bits per heavy atom. The predicted molar refractivity (Wildman–Crippen MR) is 73.9 cm³/mol. The monoisotopic (exact) mass is 242 g/mol. The Morgan fingerprint density at radius 1 is 1.22 bits per heavy atom. The Balaban J connectivity index is 1.97. The van der Waals surface area contributed by atoms with Gasteiger partial charge in [-0.1, -0.05) is 49.6 Å². The maximum Gasteiger partial charge on any atom is 0.101 e. The highest BCUT2D eigenvalue weighted by Gasteiger charge is 2.26. The van der Waals surface area contributed by atoms with Gasteiger partial charge in [-0.25, -0.2) is 0 Å². The van der Waals surface area contributed by atoms with Crippen molar-refractivity contribution < 1.29 is 0 Å². The van der Waals surface area contributed by atoms with Crippen LogP contribution in [0.15, 0.2) is 30.3 Å². The molecule has 1 fully saturated rings. The van der Waals surface area contributed by atoms with Crippen molar-refractivity contribution in [2.45, 2.75) is 44.7 Å². The summed E-state index contributed by atoms with van der Waals surface area (Å²) in [6, 6.07) is 13.0. The average Bonchev–Trinajstić information content (AvgIpc) is 2.42. The lowest BCUT2D eigenvalue weighted by atomic mass is 9.84. The van der Waals surface area contributed by atoms with Crippen LogP contribution in [0.3, 0.4) is 0 Å². The highest BCUT2D eigenvalue weighted by molar-refractivity contribution is 5.15. The molecule has 2 heteroatoms. The summed E-state index contributed by atoms with van der Waals surface area (Å²) in [4.78, 5) is 2.21. The Bertz CT molecular complexity index is 387. The molecule has 0 bridgehead atoms. The van der Waals surface area contributed by atoms with Crippen LogP contribution in [0.25, 0.3) is 0 Å². The maximum atomic E-state index is 9.44. The minimum atomic E-state index is 0.0745. The quantitative estimate of drug-likeness (QED) is 0.806. The van der Waals surface area contributed by atoms with Gasteiger partial charge in [-0.15, -0.1) is 0 Å². The van der Waals surface area contributed by atoms with Crippen molar-refractivity contribution in [3.63, 3.8) is 0 Å². The molecule has 0 radical (unpaired) electrons. The van der Waals surface area contributed by atoms with E-state index < -0.39 is 0 Å². The van der Waals surface area contributed by atoms with E-state index in [1.807, 2.05) is 6.07 Å². The third-order valence-electron chi connectivity index (χ3n) is 3.98. The van der Waals surface area contributed by atoms with Gasteiger partial charge in [-0.05, 0) is 31.4 Å². The molecule has 0 heterocycles. The SMILES string of the molecule is CN(Cc1ccccc1)C(C#N)C1CCCCC1. The highest BCUT2D eigenvalue weighted by atomic mass is 15.1. The topological polar surface area (TPSA) is 27.0 Å². The highest BCUT2D eigenvalue weighted by Crippen LogP contribution is 2.28. The van der Waals surface area contributed by atoms with Gasteiger partial charge in [0.05, 0.1) is 6.07 Å². The molecule has 1 atom stereocenters. The molecule has 0 aliphatic heterocycles. The first-order valence-corrected chi connectivity index (χ1v) is 6.95. The van der Waals surface area contributed by atoms with Gasteiger partial charge in [0.1, 0.15) is 6.04 Å². The second-order valence-corrected chi connectivity index (χ2v) is 5.37. The van der Waals surface area contributed by atoms with Crippen LogP contribution in [0, 0.1) is 17.2 Å². The van der Waals surface area contributed by atoms with Crippen LogP contribution in [0.2, 0.25) is 0 Å². The molecule has 2 nitrogen and oxygen atoms in total. The summed E-state index contributed by atoms with van der Waals surface area (Å²) in [5.74, 6) is 0.567. The zero-order chi connectivity index (χ0) is 12.8. The first-order chi connectivity index (χ1) is 8.81. The maximum absolute atomic E-state index is 9.44. The van der Waals surface area contributed by atoms with Crippen LogP contribution in [0.5, 0.6) is 0 Å². The summed E-state index contributed by atoms with van der Waals surface area (Å²) in [7, 11) is 2.08. The molecular formula is C16H22N2. The third-order valence-corrected chi connectivity index (χ3v) is 3.98. The van der Waals surface area contributed by atoms with Crippen molar-refractivity contribution >= 4 is 0 Å². The Morgan fingerprint density at radius 3 is 2.50 bits per heavy atom. The number of hydrogen-bond acceptors (Lipinski definition) is 2. The van der Waals surface area contributed by atoms with E-state index in [1.165, 1.54) is 37.7 Å². The van der Waals surface area contributed by atoms with Crippen LogP contribution in [-0.2, 0) is 6.54 Å². The van der Waals surface area contributed by atoms with Crippen LogP contribution in [0.4, 0.5) is 0 Å². The zero-order valence-corrected chi connectivity index (χ0v) is 11.2. The second kappa shape index (κ2) is 6.56. The third kappa shape index (κ3) is 3.34. The largest absolute Gasteiger partial charge is 0.287 e. The molecule has 0 aromatic heterocycles. The molecule has 1 aliphatic rings. The van der Waals surface area contributed by atoms with Crippen LogP contribution >= 0.6 is 0 Å². The summed E-state index contributed by atoms with van der Waals surface area (Å²) >= 11 is 0. The number of benzene rings is 1. The first-order valence-electron chi connectivity index (χ1n) is 6.95. The summed E-state index contributed by atoms with van der Waals surface area (Å²) < 4.78 is 0. The van der Waals surface area contributed by atoms with Gasteiger partial charge in [-0.2, -0.15) is 5.26 Å². The fourth-order valence-corrected chi connectivity index (χ4v) is 2.98. The van der Waals surface area contributed by atoms with E-state index in [2.05, 4.69) is 42.3 Å². The van der Waals surface area contributed by atoms with Gasteiger partial charge in [0, 0.05) is 6.54 Å². The smallest absolute Gasteiger partial charge is 0.101 e. The van der Waals surface area contributed by atoms with E-state index in [9.17, 15) is 5.26 Å². The van der Waals surface area contributed by atoms with Gasteiger partial charge in [0.2, 0.25) is 0 Å². The van der Waals surface area contributed by atoms with E-state index in [-0.39, 0.29) is 6.04 Å². The normalized spacial score (nSPS) is 18.5. The minimum Gasteiger partial charge on any atom is -0.287 e. The van der Waals surface area contributed by atoms with Gasteiger partial charge in [0.25, 0.3) is 0 Å². The van der Waals surface area contributed by atoms with E-state index in [4.69, 9.17) is 0 Å². The second-order valence-electron chi connectivity index (χ2n) is 5.37. The van der Waals surface area contributed by atoms with E-state index in [1.54, 1.807) is 0 Å². The molecule has 1 aromatic rings. The van der Waals surface area contributed by atoms with Crippen molar-refractivity contribution in [3.05, 3.63) is 35.9 Å². The molecule has 0 saturated heterocycles. The summed E-state index contributed by atoms with van der Waals surface area (Å²) in [6.45, 7) is 0.871. The molecule has 1 saturated carbocycles. The molecule has 1 aromatic carbocycles. The molecule has 1 aliphatic carbocycles. The number of nitrogens with zero attached hydrogens (tertiary/aromatic N) is 2. The lowest BCUT2D eigenvalue weighted by Crippen LogP contribution is -2.37. The molecule has 0 amide bonds. The van der Waals surface area contributed by atoms with Crippen LogP contribution in [-0.4, -0.2) is 18.0 Å². The van der Waals surface area contributed by atoms with Crippen molar-refractivity contribution in [3.8, 4) is 6.07 Å². The lowest BCUT2D eigenvalue weighted by Gasteiger charge is -2.32. The van der Waals surface area contributed by atoms with Gasteiger partial charge in [0.15, 0.2) is 0 Å². The van der Waals surface area contributed by atoms with Gasteiger partial charge < -0.3 is 0 Å². The Hall–Kier alpha value is -1.33. The first kappa shape index (κ1) is 13.1. The summed E-state index contributed by atoms with van der Waals surface area (Å²) in [5, 5.41) is 9.44. The fourth-order valence-electron chi connectivity index (χ4n) is 2.98. The van der Waals surface area contributed by atoms with Crippen LogP contribution < -0.4 is 0 Å². The van der Waals surface area contributed by atoms with Crippen molar-refractivity contribution in [2.24, 2.45) is 5.92 Å². The van der Waals surface area contributed by atoms with E-state index in [0.717, 1.165) is 6.54 Å². The van der Waals surface area contributed by atoms with Gasteiger partial charge >= 0.3 is 0 Å². The number of rotatable bonds is 4. The lowest BCUT2D eigenvalue weighted by molar-refractivity contribution is 0.178. The molecule has 0 spiro atoms. The summed E-state index contributed by atoms with van der Waals surface area (Å²) in [5.41, 5.74) is 1.29. The molecule has 2 rings (SSSR count). The molecular weight excluding hydrogens is 220 g/mol. The molecule has 18 heavy (non-hydrogen) atoms. The standard InChI is InChI=1S/C16H22N2/c1-18(13-14-8-4-2-5-9-14)16(12-17)15-10-6-3-7-11-15/h2,4-5,8-9,15-16H,3,6-7,10-11,13H2,1H3. The molecule has 0 N–H and O–H groups in total. The number of hydrogen-bond donors (Lipinski definition) is 0. The van der Waals surface area contributed by atoms with Crippen LogP contribution in [0.1, 0.15) is 37.7 Å². The fraction of sp³-hybridized carbons (Fsp3) is 0.562. The summed E-state index contributed by atoms with van der Waals surface area (Å²) in [6.07, 6.45) is 6.37. The number of nitriles is 1. The predicted octanol–water partition coefficient (Wildman–Crippen LogP) is 3.59. The Labute approximate surface area is 110 Å². The van der Waals surface area contributed by atoms with Gasteiger partial charge in [-0.3, -0.25) is 4.90 Å². The zero-order valence-electron chi connectivity index (χ0n) is 11.2. The Kier molecular flexibility index (Phi) is 4.78. The van der Waals surface area contributed by atoms with Crippen molar-refractivity contribution in [1.29, 1.82) is 5.26 Å². The average molecular weight is 242 g/mol. The molecule has 96 valence electrons. The van der Waals surface area contributed by atoms with E-state index in [0.29, 0.717) is 5.92 Å².